The summed E-state index contributed by atoms with van der Waals surface area (Å²) in [4.78, 5) is 23.0. The highest BCUT2D eigenvalue weighted by atomic mass is 16.2. The summed E-state index contributed by atoms with van der Waals surface area (Å²) in [6, 6.07) is 5.05. The Balaban J connectivity index is 2.66. The summed E-state index contributed by atoms with van der Waals surface area (Å²) in [6.07, 6.45) is 0. The SMILES string of the molecule is CC(=O)c1cc(NCC(=O)NC(C)(C)C)ccc1N. The van der Waals surface area contributed by atoms with Gasteiger partial charge in [-0.2, -0.15) is 0 Å². The van der Waals surface area contributed by atoms with Crippen molar-refractivity contribution in [2.75, 3.05) is 17.6 Å². The lowest BCUT2D eigenvalue weighted by Crippen LogP contribution is -2.43. The van der Waals surface area contributed by atoms with Crippen LogP contribution >= 0.6 is 0 Å². The van der Waals surface area contributed by atoms with Crippen LogP contribution < -0.4 is 16.4 Å². The normalized spacial score (nSPS) is 10.9. The molecule has 0 unspecified atom stereocenters. The molecular formula is C14H21N3O2. The fraction of sp³-hybridized carbons (Fsp3) is 0.429. The molecule has 0 saturated carbocycles. The summed E-state index contributed by atoms with van der Waals surface area (Å²) < 4.78 is 0. The lowest BCUT2D eigenvalue weighted by atomic mass is 10.1. The van der Waals surface area contributed by atoms with Crippen LogP contribution in [0.3, 0.4) is 0 Å². The minimum absolute atomic E-state index is 0.0970. The molecule has 0 heterocycles. The lowest BCUT2D eigenvalue weighted by molar-refractivity contribution is -0.120. The highest BCUT2D eigenvalue weighted by molar-refractivity contribution is 6.00. The largest absolute Gasteiger partial charge is 0.398 e. The van der Waals surface area contributed by atoms with Crippen molar-refractivity contribution in [3.63, 3.8) is 0 Å². The molecule has 0 aliphatic rings. The molecule has 0 aromatic heterocycles. The van der Waals surface area contributed by atoms with Crippen LogP contribution in [0, 0.1) is 0 Å². The third-order valence-corrected chi connectivity index (χ3v) is 2.40. The Morgan fingerprint density at radius 3 is 2.42 bits per heavy atom. The van der Waals surface area contributed by atoms with Gasteiger partial charge in [0.1, 0.15) is 0 Å². The third-order valence-electron chi connectivity index (χ3n) is 2.40. The molecule has 0 aliphatic carbocycles. The Morgan fingerprint density at radius 2 is 1.89 bits per heavy atom. The predicted octanol–water partition coefficient (Wildman–Crippen LogP) is 1.80. The van der Waals surface area contributed by atoms with E-state index >= 15 is 0 Å². The molecule has 0 saturated heterocycles. The average Bonchev–Trinajstić information content (AvgIpc) is 2.25. The second-order valence-corrected chi connectivity index (χ2v) is 5.51. The van der Waals surface area contributed by atoms with Crippen molar-refractivity contribution in [2.45, 2.75) is 33.2 Å². The van der Waals surface area contributed by atoms with Crippen LogP contribution in [0.5, 0.6) is 0 Å². The Kier molecular flexibility index (Phi) is 4.53. The van der Waals surface area contributed by atoms with Crippen molar-refractivity contribution >= 4 is 23.1 Å². The first-order chi connectivity index (χ1) is 8.69. The van der Waals surface area contributed by atoms with Crippen LogP contribution in [0.1, 0.15) is 38.1 Å². The van der Waals surface area contributed by atoms with E-state index in [4.69, 9.17) is 5.73 Å². The number of carbonyl (C=O) groups is 2. The maximum atomic E-state index is 11.7. The van der Waals surface area contributed by atoms with Crippen LogP contribution in [-0.4, -0.2) is 23.8 Å². The van der Waals surface area contributed by atoms with E-state index in [1.54, 1.807) is 18.2 Å². The van der Waals surface area contributed by atoms with Crippen molar-refractivity contribution in [3.05, 3.63) is 23.8 Å². The number of benzene rings is 1. The first-order valence-corrected chi connectivity index (χ1v) is 6.14. The van der Waals surface area contributed by atoms with Crippen molar-refractivity contribution in [3.8, 4) is 0 Å². The number of rotatable bonds is 4. The zero-order valence-electron chi connectivity index (χ0n) is 11.8. The maximum Gasteiger partial charge on any atom is 0.239 e. The zero-order chi connectivity index (χ0) is 14.6. The van der Waals surface area contributed by atoms with Crippen LogP contribution in [-0.2, 0) is 4.79 Å². The molecule has 0 atom stereocenters. The average molecular weight is 263 g/mol. The summed E-state index contributed by atoms with van der Waals surface area (Å²) in [6.45, 7) is 7.37. The molecule has 1 aromatic carbocycles. The summed E-state index contributed by atoms with van der Waals surface area (Å²) >= 11 is 0. The number of nitrogens with two attached hydrogens (primary N) is 1. The van der Waals surface area contributed by atoms with Gasteiger partial charge in [0.05, 0.1) is 6.54 Å². The molecule has 5 heteroatoms. The Labute approximate surface area is 113 Å². The Morgan fingerprint density at radius 1 is 1.26 bits per heavy atom. The maximum absolute atomic E-state index is 11.7. The molecule has 0 aliphatic heterocycles. The second-order valence-electron chi connectivity index (χ2n) is 5.51. The van der Waals surface area contributed by atoms with E-state index in [0.29, 0.717) is 16.9 Å². The van der Waals surface area contributed by atoms with Gasteiger partial charge in [-0.15, -0.1) is 0 Å². The van der Waals surface area contributed by atoms with E-state index in [1.807, 2.05) is 20.8 Å². The van der Waals surface area contributed by atoms with E-state index in [0.717, 1.165) is 0 Å². The van der Waals surface area contributed by atoms with Gasteiger partial charge in [-0.3, -0.25) is 9.59 Å². The first kappa shape index (κ1) is 15.0. The predicted molar refractivity (Wildman–Crippen MR) is 77.2 cm³/mol. The summed E-state index contributed by atoms with van der Waals surface area (Å²) in [5.74, 6) is -0.200. The summed E-state index contributed by atoms with van der Waals surface area (Å²) in [7, 11) is 0. The standard InChI is InChI=1S/C14H21N3O2/c1-9(18)11-7-10(5-6-12(11)15)16-8-13(19)17-14(2,3)4/h5-7,16H,8,15H2,1-4H3,(H,17,19). The quantitative estimate of drug-likeness (QED) is 0.571. The smallest absolute Gasteiger partial charge is 0.239 e. The first-order valence-electron chi connectivity index (χ1n) is 6.14. The van der Waals surface area contributed by atoms with Gasteiger partial charge >= 0.3 is 0 Å². The molecule has 0 fully saturated rings. The molecule has 19 heavy (non-hydrogen) atoms. The summed E-state index contributed by atoms with van der Waals surface area (Å²) in [5, 5.41) is 5.81. The number of anilines is 2. The number of hydrogen-bond donors (Lipinski definition) is 3. The van der Waals surface area contributed by atoms with E-state index in [-0.39, 0.29) is 23.8 Å². The number of hydrogen-bond acceptors (Lipinski definition) is 4. The van der Waals surface area contributed by atoms with Gasteiger partial charge in [0.2, 0.25) is 5.91 Å². The van der Waals surface area contributed by atoms with Crippen LogP contribution in [0.15, 0.2) is 18.2 Å². The molecule has 0 spiro atoms. The zero-order valence-corrected chi connectivity index (χ0v) is 11.8. The van der Waals surface area contributed by atoms with Gasteiger partial charge in [-0.25, -0.2) is 0 Å². The molecule has 1 rings (SSSR count). The number of ketones is 1. The number of nitrogens with one attached hydrogen (secondary N) is 2. The fourth-order valence-corrected chi connectivity index (χ4v) is 1.62. The highest BCUT2D eigenvalue weighted by Gasteiger charge is 2.13. The van der Waals surface area contributed by atoms with Gasteiger partial charge in [0, 0.05) is 22.5 Å². The number of amides is 1. The topological polar surface area (TPSA) is 84.2 Å². The number of nitrogen functional groups attached to an aromatic ring is 1. The van der Waals surface area contributed by atoms with E-state index in [2.05, 4.69) is 10.6 Å². The minimum atomic E-state index is -0.259. The molecule has 104 valence electrons. The molecule has 1 amide bonds. The van der Waals surface area contributed by atoms with Gasteiger partial charge in [0.25, 0.3) is 0 Å². The van der Waals surface area contributed by atoms with Gasteiger partial charge in [-0.1, -0.05) is 0 Å². The fourth-order valence-electron chi connectivity index (χ4n) is 1.62. The van der Waals surface area contributed by atoms with Crippen LogP contribution in [0.4, 0.5) is 11.4 Å². The summed E-state index contributed by atoms with van der Waals surface area (Å²) in [5.41, 5.74) is 7.04. The van der Waals surface area contributed by atoms with Crippen molar-refractivity contribution in [1.29, 1.82) is 0 Å². The molecule has 1 aromatic rings. The second kappa shape index (κ2) is 5.73. The van der Waals surface area contributed by atoms with Crippen molar-refractivity contribution < 1.29 is 9.59 Å². The van der Waals surface area contributed by atoms with E-state index < -0.39 is 0 Å². The van der Waals surface area contributed by atoms with Crippen molar-refractivity contribution in [1.82, 2.24) is 5.32 Å². The van der Waals surface area contributed by atoms with Gasteiger partial charge < -0.3 is 16.4 Å². The monoisotopic (exact) mass is 263 g/mol. The van der Waals surface area contributed by atoms with Gasteiger partial charge in [0.15, 0.2) is 5.78 Å². The van der Waals surface area contributed by atoms with Crippen LogP contribution in [0.2, 0.25) is 0 Å². The number of carbonyl (C=O) groups excluding carboxylic acids is 2. The molecule has 0 bridgehead atoms. The van der Waals surface area contributed by atoms with E-state index in [9.17, 15) is 9.59 Å². The Bertz CT molecular complexity index is 490. The number of Topliss-reactive ketones (excluding diaryl/α,β-unsaturated/α-hetero) is 1. The van der Waals surface area contributed by atoms with Gasteiger partial charge in [-0.05, 0) is 45.9 Å². The third kappa shape index (κ3) is 4.99. The van der Waals surface area contributed by atoms with E-state index in [1.165, 1.54) is 6.92 Å². The Hall–Kier alpha value is -2.04. The van der Waals surface area contributed by atoms with Crippen molar-refractivity contribution in [2.24, 2.45) is 0 Å². The highest BCUT2D eigenvalue weighted by Crippen LogP contribution is 2.18. The molecule has 4 N–H and O–H groups in total. The molecule has 5 nitrogen and oxygen atoms in total. The molecular weight excluding hydrogens is 242 g/mol. The lowest BCUT2D eigenvalue weighted by Gasteiger charge is -2.20. The van der Waals surface area contributed by atoms with Crippen LogP contribution in [0.25, 0.3) is 0 Å². The molecule has 0 radical (unpaired) electrons. The minimum Gasteiger partial charge on any atom is -0.398 e.